The molecule has 28 heavy (non-hydrogen) atoms. The van der Waals surface area contributed by atoms with Crippen molar-refractivity contribution < 1.29 is 14.0 Å². The SMILES string of the molecule is O=C1C(C(=O)N(Cc2c(F)cccc2Cl)C2CC2)CCN1c1ccccc1Br. The Morgan fingerprint density at radius 3 is 2.61 bits per heavy atom. The zero-order chi connectivity index (χ0) is 19.8. The number of amides is 2. The quantitative estimate of drug-likeness (QED) is 0.596. The molecule has 1 aliphatic carbocycles. The van der Waals surface area contributed by atoms with E-state index in [2.05, 4.69) is 15.9 Å². The summed E-state index contributed by atoms with van der Waals surface area (Å²) in [5.74, 6) is -1.61. The molecule has 1 atom stereocenters. The van der Waals surface area contributed by atoms with Gasteiger partial charge in [-0.2, -0.15) is 0 Å². The molecule has 2 aromatic carbocycles. The van der Waals surface area contributed by atoms with Crippen LogP contribution < -0.4 is 4.90 Å². The van der Waals surface area contributed by atoms with Gasteiger partial charge in [-0.3, -0.25) is 9.59 Å². The fourth-order valence-corrected chi connectivity index (χ4v) is 4.37. The summed E-state index contributed by atoms with van der Waals surface area (Å²) in [6, 6.07) is 12.0. The minimum absolute atomic E-state index is 0.0495. The Bertz CT molecular complexity index is 914. The minimum atomic E-state index is -0.738. The lowest BCUT2D eigenvalue weighted by Crippen LogP contribution is -2.41. The molecule has 1 aliphatic heterocycles. The maximum atomic E-state index is 14.2. The van der Waals surface area contributed by atoms with Gasteiger partial charge in [0.2, 0.25) is 11.8 Å². The summed E-state index contributed by atoms with van der Waals surface area (Å²) >= 11 is 9.62. The van der Waals surface area contributed by atoms with E-state index in [1.54, 1.807) is 21.9 Å². The van der Waals surface area contributed by atoms with Crippen molar-refractivity contribution in [2.75, 3.05) is 11.4 Å². The number of halogens is 3. The topological polar surface area (TPSA) is 40.6 Å². The van der Waals surface area contributed by atoms with Gasteiger partial charge in [-0.1, -0.05) is 29.8 Å². The van der Waals surface area contributed by atoms with Gasteiger partial charge in [0, 0.05) is 27.6 Å². The Labute approximate surface area is 176 Å². The van der Waals surface area contributed by atoms with E-state index >= 15 is 0 Å². The molecule has 2 fully saturated rings. The Hall–Kier alpha value is -1.92. The average Bonchev–Trinajstić information content (AvgIpc) is 3.44. The molecule has 1 saturated heterocycles. The van der Waals surface area contributed by atoms with Crippen LogP contribution in [0.3, 0.4) is 0 Å². The third-order valence-electron chi connectivity index (χ3n) is 5.31. The van der Waals surface area contributed by atoms with Crippen molar-refractivity contribution in [1.82, 2.24) is 4.90 Å². The fraction of sp³-hybridized carbons (Fsp3) is 0.333. The predicted molar refractivity (Wildman–Crippen MR) is 110 cm³/mol. The van der Waals surface area contributed by atoms with Crippen LogP contribution in [0.25, 0.3) is 0 Å². The molecule has 1 heterocycles. The first-order valence-corrected chi connectivity index (χ1v) is 10.4. The van der Waals surface area contributed by atoms with Gasteiger partial charge in [0.05, 0.1) is 12.2 Å². The number of carbonyl (C=O) groups is 2. The second kappa shape index (κ2) is 7.84. The Kier molecular flexibility index (Phi) is 5.43. The van der Waals surface area contributed by atoms with E-state index in [0.29, 0.717) is 23.6 Å². The van der Waals surface area contributed by atoms with Crippen LogP contribution in [0.2, 0.25) is 5.02 Å². The lowest BCUT2D eigenvalue weighted by molar-refractivity contribution is -0.140. The van der Waals surface area contributed by atoms with Gasteiger partial charge in [0.25, 0.3) is 0 Å². The smallest absolute Gasteiger partial charge is 0.239 e. The zero-order valence-corrected chi connectivity index (χ0v) is 17.4. The molecule has 4 nitrogen and oxygen atoms in total. The van der Waals surface area contributed by atoms with E-state index in [-0.39, 0.29) is 24.4 Å². The van der Waals surface area contributed by atoms with Gasteiger partial charge in [0.1, 0.15) is 11.7 Å². The van der Waals surface area contributed by atoms with Gasteiger partial charge in [-0.15, -0.1) is 0 Å². The molecule has 2 aliphatic rings. The van der Waals surface area contributed by atoms with Crippen LogP contribution in [0.1, 0.15) is 24.8 Å². The van der Waals surface area contributed by atoms with Crippen molar-refractivity contribution in [1.29, 1.82) is 0 Å². The number of hydrogen-bond donors (Lipinski definition) is 0. The van der Waals surface area contributed by atoms with Gasteiger partial charge in [-0.05, 0) is 59.5 Å². The highest BCUT2D eigenvalue weighted by Crippen LogP contribution is 2.36. The monoisotopic (exact) mass is 464 g/mol. The second-order valence-corrected chi connectivity index (χ2v) is 8.44. The molecule has 1 unspecified atom stereocenters. The van der Waals surface area contributed by atoms with Crippen molar-refractivity contribution in [2.45, 2.75) is 31.8 Å². The van der Waals surface area contributed by atoms with Crippen molar-refractivity contribution in [3.05, 3.63) is 63.3 Å². The van der Waals surface area contributed by atoms with Crippen LogP contribution in [-0.2, 0) is 16.1 Å². The molecule has 0 N–H and O–H groups in total. The highest BCUT2D eigenvalue weighted by Gasteiger charge is 2.44. The number of anilines is 1. The van der Waals surface area contributed by atoms with Gasteiger partial charge >= 0.3 is 0 Å². The van der Waals surface area contributed by atoms with Crippen molar-refractivity contribution in [3.8, 4) is 0 Å². The summed E-state index contributed by atoms with van der Waals surface area (Å²) in [6.45, 7) is 0.574. The first-order valence-electron chi connectivity index (χ1n) is 9.26. The van der Waals surface area contributed by atoms with Crippen LogP contribution in [0.15, 0.2) is 46.9 Å². The molecular weight excluding hydrogens is 447 g/mol. The van der Waals surface area contributed by atoms with Crippen LogP contribution in [0.5, 0.6) is 0 Å². The van der Waals surface area contributed by atoms with Gasteiger partial charge < -0.3 is 9.80 Å². The van der Waals surface area contributed by atoms with Gasteiger partial charge in [0.15, 0.2) is 0 Å². The van der Waals surface area contributed by atoms with E-state index in [1.807, 2.05) is 24.3 Å². The van der Waals surface area contributed by atoms with Crippen LogP contribution in [0.4, 0.5) is 10.1 Å². The summed E-state index contributed by atoms with van der Waals surface area (Å²) in [6.07, 6.45) is 2.19. The number of carbonyl (C=O) groups excluding carboxylic acids is 2. The predicted octanol–water partition coefficient (Wildman–Crippen LogP) is 4.79. The number of hydrogen-bond acceptors (Lipinski definition) is 2. The molecule has 7 heteroatoms. The maximum absolute atomic E-state index is 14.2. The summed E-state index contributed by atoms with van der Waals surface area (Å²) in [4.78, 5) is 29.5. The number of benzene rings is 2. The highest BCUT2D eigenvalue weighted by atomic mass is 79.9. The maximum Gasteiger partial charge on any atom is 0.239 e. The second-order valence-electron chi connectivity index (χ2n) is 7.18. The molecule has 2 aromatic rings. The molecule has 0 bridgehead atoms. The summed E-state index contributed by atoms with van der Waals surface area (Å²) in [5, 5.41) is 0.297. The minimum Gasteiger partial charge on any atom is -0.335 e. The molecule has 2 amide bonds. The average molecular weight is 466 g/mol. The van der Waals surface area contributed by atoms with Crippen molar-refractivity contribution >= 4 is 45.0 Å². The van der Waals surface area contributed by atoms with E-state index in [1.165, 1.54) is 6.07 Å². The molecule has 0 spiro atoms. The molecule has 4 rings (SSSR count). The standard InChI is InChI=1S/C21H19BrClFN2O2/c22-16-4-1-2-7-19(16)25-11-10-14(20(25)27)21(28)26(13-8-9-13)12-15-17(23)5-3-6-18(15)24/h1-7,13-14H,8-12H2. The van der Waals surface area contributed by atoms with Crippen LogP contribution in [-0.4, -0.2) is 29.3 Å². The number of nitrogens with zero attached hydrogens (tertiary/aromatic N) is 2. The van der Waals surface area contributed by atoms with Crippen molar-refractivity contribution in [3.63, 3.8) is 0 Å². The Morgan fingerprint density at radius 1 is 1.18 bits per heavy atom. The lowest BCUT2D eigenvalue weighted by Gasteiger charge is -2.26. The third-order valence-corrected chi connectivity index (χ3v) is 6.33. The number of para-hydroxylation sites is 1. The molecule has 0 aromatic heterocycles. The highest BCUT2D eigenvalue weighted by molar-refractivity contribution is 9.10. The Morgan fingerprint density at radius 2 is 1.93 bits per heavy atom. The van der Waals surface area contributed by atoms with Crippen LogP contribution >= 0.6 is 27.5 Å². The first kappa shape index (κ1) is 19.4. The summed E-state index contributed by atoms with van der Waals surface area (Å²) in [7, 11) is 0. The third kappa shape index (κ3) is 3.67. The molecular formula is C21H19BrClFN2O2. The summed E-state index contributed by atoms with van der Waals surface area (Å²) < 4.78 is 15.1. The zero-order valence-electron chi connectivity index (χ0n) is 15.1. The van der Waals surface area contributed by atoms with Crippen molar-refractivity contribution in [2.24, 2.45) is 5.92 Å². The Balaban J connectivity index is 1.55. The number of rotatable bonds is 5. The van der Waals surface area contributed by atoms with E-state index in [0.717, 1.165) is 23.0 Å². The fourth-order valence-electron chi connectivity index (χ4n) is 3.65. The van der Waals surface area contributed by atoms with E-state index < -0.39 is 11.7 Å². The molecule has 1 saturated carbocycles. The largest absolute Gasteiger partial charge is 0.335 e. The van der Waals surface area contributed by atoms with Gasteiger partial charge in [-0.25, -0.2) is 4.39 Å². The molecule has 146 valence electrons. The molecule has 0 radical (unpaired) electrons. The van der Waals surface area contributed by atoms with E-state index in [9.17, 15) is 14.0 Å². The van der Waals surface area contributed by atoms with Crippen LogP contribution in [0, 0.1) is 11.7 Å². The summed E-state index contributed by atoms with van der Waals surface area (Å²) in [5.41, 5.74) is 1.07. The van der Waals surface area contributed by atoms with E-state index in [4.69, 9.17) is 11.6 Å². The normalized spacial score (nSPS) is 19.2. The first-order chi connectivity index (χ1) is 13.5. The lowest BCUT2D eigenvalue weighted by atomic mass is 10.1.